The Morgan fingerprint density at radius 2 is 1.72 bits per heavy atom. The summed E-state index contributed by atoms with van der Waals surface area (Å²) in [7, 11) is 0. The molecule has 1 unspecified atom stereocenters. The van der Waals surface area contributed by atoms with Crippen molar-refractivity contribution in [1.82, 2.24) is 0 Å². The molecule has 0 aliphatic rings. The van der Waals surface area contributed by atoms with E-state index in [1.54, 1.807) is 0 Å². The third-order valence-electron chi connectivity index (χ3n) is 2.62. The largest absolute Gasteiger partial charge is 0.207 e. The lowest BCUT2D eigenvalue weighted by Crippen LogP contribution is -2.00. The molecule has 0 fully saturated rings. The molecule has 18 heavy (non-hydrogen) atoms. The monoisotopic (exact) mass is 330 g/mol. The van der Waals surface area contributed by atoms with Crippen LogP contribution in [0.15, 0.2) is 46.9 Å². The second-order valence-electron chi connectivity index (χ2n) is 3.96. The van der Waals surface area contributed by atoms with Gasteiger partial charge in [-0.3, -0.25) is 0 Å². The van der Waals surface area contributed by atoms with Crippen molar-refractivity contribution < 1.29 is 8.78 Å². The van der Waals surface area contributed by atoms with Gasteiger partial charge in [0.25, 0.3) is 0 Å². The number of hydrogen-bond acceptors (Lipinski definition) is 0. The molecule has 0 aromatic heterocycles. The molecule has 0 aliphatic heterocycles. The Labute approximate surface area is 118 Å². The molecule has 0 N–H and O–H groups in total. The maximum atomic E-state index is 13.5. The molecule has 0 saturated heterocycles. The molecule has 0 aliphatic carbocycles. The van der Waals surface area contributed by atoms with E-state index in [9.17, 15) is 8.78 Å². The van der Waals surface area contributed by atoms with Gasteiger partial charge >= 0.3 is 0 Å². The van der Waals surface area contributed by atoms with Crippen LogP contribution in [-0.2, 0) is 6.42 Å². The van der Waals surface area contributed by atoms with Crippen LogP contribution in [0, 0.1) is 11.6 Å². The highest BCUT2D eigenvalue weighted by atomic mass is 79.9. The molecule has 1 atom stereocenters. The third-order valence-corrected chi connectivity index (χ3v) is 3.54. The summed E-state index contributed by atoms with van der Waals surface area (Å²) >= 11 is 9.47. The van der Waals surface area contributed by atoms with Crippen molar-refractivity contribution in [3.8, 4) is 0 Å². The second-order valence-corrected chi connectivity index (χ2v) is 5.41. The van der Waals surface area contributed by atoms with Crippen molar-refractivity contribution in [3.63, 3.8) is 0 Å². The lowest BCUT2D eigenvalue weighted by atomic mass is 10.0. The van der Waals surface area contributed by atoms with Crippen LogP contribution in [0.5, 0.6) is 0 Å². The molecule has 2 aromatic rings. The topological polar surface area (TPSA) is 0 Å². The molecule has 0 bridgehead atoms. The molecule has 0 amide bonds. The van der Waals surface area contributed by atoms with Crippen molar-refractivity contribution in [2.75, 3.05) is 0 Å². The van der Waals surface area contributed by atoms with Crippen molar-refractivity contribution in [1.29, 1.82) is 0 Å². The first-order valence-electron chi connectivity index (χ1n) is 5.40. The Morgan fingerprint density at radius 3 is 2.39 bits per heavy atom. The molecule has 0 saturated carbocycles. The van der Waals surface area contributed by atoms with Crippen LogP contribution in [0.2, 0.25) is 0 Å². The van der Waals surface area contributed by atoms with Gasteiger partial charge in [-0.25, -0.2) is 8.78 Å². The highest BCUT2D eigenvalue weighted by Gasteiger charge is 2.14. The van der Waals surface area contributed by atoms with Gasteiger partial charge < -0.3 is 0 Å². The number of rotatable bonds is 3. The number of hydrogen-bond donors (Lipinski definition) is 0. The quantitative estimate of drug-likeness (QED) is 0.674. The fraction of sp³-hybridized carbons (Fsp3) is 0.143. The molecular weight excluding hydrogens is 322 g/mol. The zero-order chi connectivity index (χ0) is 13.1. The molecule has 0 heterocycles. The molecule has 94 valence electrons. The van der Waals surface area contributed by atoms with Gasteiger partial charge in [0.05, 0.1) is 5.38 Å². The maximum absolute atomic E-state index is 13.5. The SMILES string of the molecule is Fc1ccc(F)c(C(Cl)Cc2ccc(Br)cc2)c1. The zero-order valence-corrected chi connectivity index (χ0v) is 11.7. The molecular formula is C14H10BrClF2. The molecule has 2 aromatic carbocycles. The van der Waals surface area contributed by atoms with Gasteiger partial charge in [0.2, 0.25) is 0 Å². The number of alkyl halides is 1. The lowest BCUT2D eigenvalue weighted by molar-refractivity contribution is 0.582. The molecule has 0 spiro atoms. The minimum Gasteiger partial charge on any atom is -0.207 e. The Bertz CT molecular complexity index is 540. The molecule has 2 rings (SSSR count). The van der Waals surface area contributed by atoms with E-state index < -0.39 is 17.0 Å². The van der Waals surface area contributed by atoms with Crippen LogP contribution >= 0.6 is 27.5 Å². The maximum Gasteiger partial charge on any atom is 0.128 e. The Hall–Kier alpha value is -0.930. The summed E-state index contributed by atoms with van der Waals surface area (Å²) in [5.41, 5.74) is 1.17. The first-order valence-corrected chi connectivity index (χ1v) is 6.62. The average molecular weight is 332 g/mol. The van der Waals surface area contributed by atoms with Crippen LogP contribution in [0.25, 0.3) is 0 Å². The number of benzene rings is 2. The van der Waals surface area contributed by atoms with E-state index in [-0.39, 0.29) is 5.56 Å². The summed E-state index contributed by atoms with van der Waals surface area (Å²) in [6.45, 7) is 0. The highest BCUT2D eigenvalue weighted by molar-refractivity contribution is 9.10. The smallest absolute Gasteiger partial charge is 0.128 e. The number of halogens is 4. The third kappa shape index (κ3) is 3.30. The van der Waals surface area contributed by atoms with Crippen LogP contribution in [0.1, 0.15) is 16.5 Å². The van der Waals surface area contributed by atoms with Crippen molar-refractivity contribution in [2.45, 2.75) is 11.8 Å². The minimum absolute atomic E-state index is 0.194. The predicted octanol–water partition coefficient (Wildman–Crippen LogP) is 5.25. The Morgan fingerprint density at radius 1 is 1.06 bits per heavy atom. The van der Waals surface area contributed by atoms with E-state index in [0.29, 0.717) is 6.42 Å². The van der Waals surface area contributed by atoms with E-state index in [4.69, 9.17) is 11.6 Å². The van der Waals surface area contributed by atoms with E-state index >= 15 is 0 Å². The van der Waals surface area contributed by atoms with E-state index in [2.05, 4.69) is 15.9 Å². The average Bonchev–Trinajstić information content (AvgIpc) is 2.35. The first-order chi connectivity index (χ1) is 8.56. The summed E-state index contributed by atoms with van der Waals surface area (Å²) < 4.78 is 27.6. The standard InChI is InChI=1S/C14H10BrClF2/c15-10-3-1-9(2-4-10)7-13(16)12-8-11(17)5-6-14(12)18/h1-6,8,13H,7H2. The summed E-state index contributed by atoms with van der Waals surface area (Å²) in [6, 6.07) is 10.9. The summed E-state index contributed by atoms with van der Waals surface area (Å²) in [5, 5.41) is -0.582. The van der Waals surface area contributed by atoms with Gasteiger partial charge in [-0.1, -0.05) is 28.1 Å². The van der Waals surface area contributed by atoms with Gasteiger partial charge in [-0.05, 0) is 42.3 Å². The first kappa shape index (κ1) is 13.5. The van der Waals surface area contributed by atoms with Crippen molar-refractivity contribution in [3.05, 3.63) is 69.7 Å². The summed E-state index contributed by atoms with van der Waals surface area (Å²) in [4.78, 5) is 0. The van der Waals surface area contributed by atoms with Gasteiger partial charge in [0.1, 0.15) is 11.6 Å². The van der Waals surface area contributed by atoms with E-state index in [0.717, 1.165) is 28.2 Å². The minimum atomic E-state index is -0.582. The lowest BCUT2D eigenvalue weighted by Gasteiger charge is -2.11. The van der Waals surface area contributed by atoms with E-state index in [1.807, 2.05) is 24.3 Å². The van der Waals surface area contributed by atoms with E-state index in [1.165, 1.54) is 0 Å². The van der Waals surface area contributed by atoms with Crippen molar-refractivity contribution >= 4 is 27.5 Å². The van der Waals surface area contributed by atoms with Gasteiger partial charge in [-0.15, -0.1) is 11.6 Å². The second kappa shape index (κ2) is 5.81. The summed E-state index contributed by atoms with van der Waals surface area (Å²) in [5.74, 6) is -0.957. The molecule has 0 nitrogen and oxygen atoms in total. The van der Waals surface area contributed by atoms with Gasteiger partial charge in [0.15, 0.2) is 0 Å². The van der Waals surface area contributed by atoms with Crippen LogP contribution in [0.3, 0.4) is 0 Å². The fourth-order valence-electron chi connectivity index (χ4n) is 1.69. The predicted molar refractivity (Wildman–Crippen MR) is 72.8 cm³/mol. The van der Waals surface area contributed by atoms with Crippen molar-refractivity contribution in [2.24, 2.45) is 0 Å². The Kier molecular flexibility index (Phi) is 4.36. The zero-order valence-electron chi connectivity index (χ0n) is 9.34. The normalized spacial score (nSPS) is 12.4. The van der Waals surface area contributed by atoms with Crippen LogP contribution < -0.4 is 0 Å². The van der Waals surface area contributed by atoms with Gasteiger partial charge in [-0.2, -0.15) is 0 Å². The van der Waals surface area contributed by atoms with Crippen LogP contribution in [-0.4, -0.2) is 0 Å². The Balaban J connectivity index is 2.18. The fourth-order valence-corrected chi connectivity index (χ4v) is 2.30. The highest BCUT2D eigenvalue weighted by Crippen LogP contribution is 2.28. The van der Waals surface area contributed by atoms with Crippen LogP contribution in [0.4, 0.5) is 8.78 Å². The molecule has 4 heteroatoms. The summed E-state index contributed by atoms with van der Waals surface area (Å²) in [6.07, 6.45) is 0.454. The molecule has 0 radical (unpaired) electrons. The van der Waals surface area contributed by atoms with Gasteiger partial charge in [0, 0.05) is 10.0 Å².